The molecule has 0 unspecified atom stereocenters. The number of amides is 1. The van der Waals surface area contributed by atoms with Gasteiger partial charge >= 0.3 is 0 Å². The molecule has 0 aliphatic carbocycles. The van der Waals surface area contributed by atoms with Gasteiger partial charge in [-0.2, -0.15) is 0 Å². The van der Waals surface area contributed by atoms with Crippen LogP contribution in [-0.4, -0.2) is 25.4 Å². The molecule has 180 valence electrons. The number of nitrogens with zero attached hydrogens (tertiary/aromatic N) is 4. The van der Waals surface area contributed by atoms with E-state index in [4.69, 9.17) is 9.97 Å². The second-order valence-corrected chi connectivity index (χ2v) is 9.04. The predicted octanol–water partition coefficient (Wildman–Crippen LogP) is 6.22. The SMILES string of the molecule is Cn1c(CCc2ccccc2)nc2cc(NC(=O)c3cc(-c4ccncc4)nc4ccccc34)ccc21. The summed E-state index contributed by atoms with van der Waals surface area (Å²) in [4.78, 5) is 27.2. The van der Waals surface area contributed by atoms with Crippen molar-refractivity contribution >= 4 is 33.5 Å². The van der Waals surface area contributed by atoms with E-state index in [2.05, 4.69) is 39.1 Å². The van der Waals surface area contributed by atoms with Crippen LogP contribution in [0.1, 0.15) is 21.7 Å². The molecule has 6 aromatic rings. The molecule has 3 aromatic carbocycles. The fraction of sp³-hybridized carbons (Fsp3) is 0.0968. The Labute approximate surface area is 214 Å². The van der Waals surface area contributed by atoms with E-state index in [1.54, 1.807) is 12.4 Å². The largest absolute Gasteiger partial charge is 0.331 e. The second kappa shape index (κ2) is 9.66. The van der Waals surface area contributed by atoms with Gasteiger partial charge in [-0.15, -0.1) is 0 Å². The van der Waals surface area contributed by atoms with E-state index in [0.717, 1.165) is 51.9 Å². The summed E-state index contributed by atoms with van der Waals surface area (Å²) in [6.07, 6.45) is 5.22. The van der Waals surface area contributed by atoms with Crippen LogP contribution >= 0.6 is 0 Å². The first-order valence-corrected chi connectivity index (χ1v) is 12.3. The van der Waals surface area contributed by atoms with Gasteiger partial charge in [0.2, 0.25) is 0 Å². The number of hydrogen-bond donors (Lipinski definition) is 1. The Hall–Kier alpha value is -4.84. The van der Waals surface area contributed by atoms with Gasteiger partial charge in [0.05, 0.1) is 27.8 Å². The minimum absolute atomic E-state index is 0.187. The van der Waals surface area contributed by atoms with Crippen molar-refractivity contribution in [2.24, 2.45) is 7.05 Å². The monoisotopic (exact) mass is 483 g/mol. The first-order valence-electron chi connectivity index (χ1n) is 12.3. The van der Waals surface area contributed by atoms with Crippen LogP contribution in [0.3, 0.4) is 0 Å². The van der Waals surface area contributed by atoms with Crippen LogP contribution in [0.25, 0.3) is 33.2 Å². The summed E-state index contributed by atoms with van der Waals surface area (Å²) in [5, 5.41) is 3.88. The zero-order valence-electron chi connectivity index (χ0n) is 20.4. The number of fused-ring (bicyclic) bond motifs is 2. The summed E-state index contributed by atoms with van der Waals surface area (Å²) >= 11 is 0. The van der Waals surface area contributed by atoms with E-state index < -0.39 is 0 Å². The number of nitrogens with one attached hydrogen (secondary N) is 1. The highest BCUT2D eigenvalue weighted by molar-refractivity contribution is 6.13. The van der Waals surface area contributed by atoms with E-state index >= 15 is 0 Å². The molecule has 0 bridgehead atoms. The van der Waals surface area contributed by atoms with Crippen LogP contribution < -0.4 is 5.32 Å². The summed E-state index contributed by atoms with van der Waals surface area (Å²) in [7, 11) is 2.04. The van der Waals surface area contributed by atoms with Crippen molar-refractivity contribution < 1.29 is 4.79 Å². The molecule has 0 saturated carbocycles. The Bertz CT molecular complexity index is 1730. The lowest BCUT2D eigenvalue weighted by molar-refractivity contribution is 0.102. The number of pyridine rings is 2. The van der Waals surface area contributed by atoms with Crippen molar-refractivity contribution in [3.05, 3.63) is 120 Å². The van der Waals surface area contributed by atoms with Gasteiger partial charge in [0, 0.05) is 42.5 Å². The van der Waals surface area contributed by atoms with Crippen LogP contribution in [0.5, 0.6) is 0 Å². The number of aromatic nitrogens is 4. The van der Waals surface area contributed by atoms with Gasteiger partial charge in [0.15, 0.2) is 0 Å². The van der Waals surface area contributed by atoms with Crippen molar-refractivity contribution in [2.45, 2.75) is 12.8 Å². The van der Waals surface area contributed by atoms with Gasteiger partial charge in [-0.1, -0.05) is 48.5 Å². The Balaban J connectivity index is 1.29. The highest BCUT2D eigenvalue weighted by atomic mass is 16.1. The number of benzene rings is 3. The maximum absolute atomic E-state index is 13.5. The molecular weight excluding hydrogens is 458 g/mol. The van der Waals surface area contributed by atoms with Crippen molar-refractivity contribution in [1.29, 1.82) is 0 Å². The van der Waals surface area contributed by atoms with Gasteiger partial charge in [-0.25, -0.2) is 9.97 Å². The minimum atomic E-state index is -0.187. The van der Waals surface area contributed by atoms with Crippen LogP contribution in [-0.2, 0) is 19.9 Å². The van der Waals surface area contributed by atoms with Gasteiger partial charge in [-0.3, -0.25) is 9.78 Å². The van der Waals surface area contributed by atoms with Gasteiger partial charge in [0.25, 0.3) is 5.91 Å². The van der Waals surface area contributed by atoms with Crippen LogP contribution in [0.15, 0.2) is 103 Å². The van der Waals surface area contributed by atoms with Gasteiger partial charge < -0.3 is 9.88 Å². The Morgan fingerprint density at radius 2 is 1.59 bits per heavy atom. The average molecular weight is 484 g/mol. The molecule has 0 atom stereocenters. The fourth-order valence-electron chi connectivity index (χ4n) is 4.68. The molecule has 1 N–H and O–H groups in total. The van der Waals surface area contributed by atoms with Crippen molar-refractivity contribution in [3.8, 4) is 11.3 Å². The third-order valence-electron chi connectivity index (χ3n) is 6.65. The number of hydrogen-bond acceptors (Lipinski definition) is 4. The van der Waals surface area contributed by atoms with E-state index in [9.17, 15) is 4.79 Å². The van der Waals surface area contributed by atoms with E-state index in [1.807, 2.05) is 73.8 Å². The Morgan fingerprint density at radius 3 is 2.43 bits per heavy atom. The number of rotatable bonds is 6. The lowest BCUT2D eigenvalue weighted by Crippen LogP contribution is -2.13. The van der Waals surface area contributed by atoms with Crippen LogP contribution in [0.4, 0.5) is 5.69 Å². The normalized spacial score (nSPS) is 11.2. The smallest absolute Gasteiger partial charge is 0.256 e. The summed E-state index contributed by atoms with van der Waals surface area (Å²) in [6, 6.07) is 29.6. The molecule has 0 radical (unpaired) electrons. The van der Waals surface area contributed by atoms with Gasteiger partial charge in [0.1, 0.15) is 5.82 Å². The molecule has 3 heterocycles. The lowest BCUT2D eigenvalue weighted by Gasteiger charge is -2.11. The third-order valence-corrected chi connectivity index (χ3v) is 6.65. The lowest BCUT2D eigenvalue weighted by atomic mass is 10.0. The van der Waals surface area contributed by atoms with Crippen molar-refractivity contribution in [2.75, 3.05) is 5.32 Å². The number of para-hydroxylation sites is 1. The summed E-state index contributed by atoms with van der Waals surface area (Å²) < 4.78 is 2.13. The maximum atomic E-state index is 13.5. The zero-order valence-corrected chi connectivity index (χ0v) is 20.4. The summed E-state index contributed by atoms with van der Waals surface area (Å²) in [6.45, 7) is 0. The summed E-state index contributed by atoms with van der Waals surface area (Å²) in [5.41, 5.74) is 6.88. The third kappa shape index (κ3) is 4.57. The number of carbonyl (C=O) groups is 1. The van der Waals surface area contributed by atoms with Gasteiger partial charge in [-0.05, 0) is 54.4 Å². The van der Waals surface area contributed by atoms with E-state index in [-0.39, 0.29) is 5.91 Å². The number of imidazole rings is 1. The van der Waals surface area contributed by atoms with Crippen molar-refractivity contribution in [1.82, 2.24) is 19.5 Å². The van der Waals surface area contributed by atoms with E-state index in [1.165, 1.54) is 5.56 Å². The molecule has 37 heavy (non-hydrogen) atoms. The Kier molecular flexibility index (Phi) is 5.91. The highest BCUT2D eigenvalue weighted by Crippen LogP contribution is 2.26. The molecule has 0 spiro atoms. The number of carbonyl (C=O) groups excluding carboxylic acids is 1. The van der Waals surface area contributed by atoms with Crippen LogP contribution in [0.2, 0.25) is 0 Å². The summed E-state index contributed by atoms with van der Waals surface area (Å²) in [5.74, 6) is 0.831. The molecular formula is C31H25N5O. The average Bonchev–Trinajstić information content (AvgIpc) is 3.26. The topological polar surface area (TPSA) is 72.7 Å². The first kappa shape index (κ1) is 22.6. The quantitative estimate of drug-likeness (QED) is 0.305. The number of aryl methyl sites for hydroxylation is 3. The molecule has 6 nitrogen and oxygen atoms in total. The van der Waals surface area contributed by atoms with Crippen molar-refractivity contribution in [3.63, 3.8) is 0 Å². The molecule has 1 amide bonds. The standard InChI is InChI=1S/C31H25N5O/c1-36-29-13-12-23(19-28(29)35-30(36)14-11-21-7-3-2-4-8-21)33-31(37)25-20-27(22-15-17-32-18-16-22)34-26-10-6-5-9-24(25)26/h2-10,12-13,15-20H,11,14H2,1H3,(H,33,37). The van der Waals surface area contributed by atoms with Crippen LogP contribution in [0, 0.1) is 0 Å². The second-order valence-electron chi connectivity index (χ2n) is 9.04. The molecule has 0 aliphatic rings. The molecule has 6 heteroatoms. The molecule has 3 aromatic heterocycles. The fourth-order valence-corrected chi connectivity index (χ4v) is 4.68. The first-order chi connectivity index (χ1) is 18.2. The molecule has 0 fully saturated rings. The Morgan fingerprint density at radius 1 is 0.811 bits per heavy atom. The molecule has 6 rings (SSSR count). The molecule has 0 saturated heterocycles. The minimum Gasteiger partial charge on any atom is -0.331 e. The predicted molar refractivity (Wildman–Crippen MR) is 147 cm³/mol. The van der Waals surface area contributed by atoms with E-state index in [0.29, 0.717) is 11.3 Å². The number of anilines is 1. The molecule has 0 aliphatic heterocycles. The maximum Gasteiger partial charge on any atom is 0.256 e. The zero-order chi connectivity index (χ0) is 25.2. The highest BCUT2D eigenvalue weighted by Gasteiger charge is 2.15.